The smallest absolute Gasteiger partial charge is 0.328 e. The Balaban J connectivity index is 2.87. The molecular formula is C24H37N3O5. The van der Waals surface area contributed by atoms with Gasteiger partial charge in [-0.15, -0.1) is 0 Å². The molecule has 32 heavy (non-hydrogen) atoms. The number of oxime groups is 1. The zero-order chi connectivity index (χ0) is 23.9. The Kier molecular flexibility index (Phi) is 12.7. The van der Waals surface area contributed by atoms with E-state index in [9.17, 15) is 19.6 Å². The average Bonchev–Trinajstić information content (AvgIpc) is 2.78. The molecule has 0 fully saturated rings. The number of amides is 2. The molecule has 0 aliphatic carbocycles. The van der Waals surface area contributed by atoms with Crippen molar-refractivity contribution in [1.82, 2.24) is 10.6 Å². The summed E-state index contributed by atoms with van der Waals surface area (Å²) in [6.45, 7) is 5.95. The van der Waals surface area contributed by atoms with Gasteiger partial charge in [-0.25, -0.2) is 4.79 Å². The minimum Gasteiger partial charge on any atom is -0.467 e. The van der Waals surface area contributed by atoms with E-state index in [0.717, 1.165) is 31.2 Å². The number of methoxy groups -OCH3 is 1. The second-order valence-corrected chi connectivity index (χ2v) is 8.29. The molecule has 0 aromatic heterocycles. The van der Waals surface area contributed by atoms with Crippen LogP contribution in [0, 0.1) is 5.92 Å². The molecule has 3 N–H and O–H groups in total. The van der Waals surface area contributed by atoms with Crippen molar-refractivity contribution >= 4 is 23.5 Å². The molecule has 1 rings (SSSR count). The summed E-state index contributed by atoms with van der Waals surface area (Å²) in [5.74, 6) is -1.52. The zero-order valence-corrected chi connectivity index (χ0v) is 19.6. The molecule has 0 heterocycles. The van der Waals surface area contributed by atoms with E-state index < -0.39 is 29.9 Å². The first kappa shape index (κ1) is 27.1. The number of rotatable bonds is 14. The van der Waals surface area contributed by atoms with Gasteiger partial charge in [0.05, 0.1) is 7.11 Å². The summed E-state index contributed by atoms with van der Waals surface area (Å²) in [7, 11) is 1.27. The van der Waals surface area contributed by atoms with Crippen LogP contribution in [0.2, 0.25) is 0 Å². The van der Waals surface area contributed by atoms with E-state index in [4.69, 9.17) is 4.74 Å². The van der Waals surface area contributed by atoms with Gasteiger partial charge in [-0.3, -0.25) is 9.59 Å². The lowest BCUT2D eigenvalue weighted by atomic mass is 10.0. The molecule has 0 spiro atoms. The molecule has 0 saturated heterocycles. The molecular weight excluding hydrogens is 410 g/mol. The van der Waals surface area contributed by atoms with Crippen LogP contribution in [0.15, 0.2) is 35.5 Å². The van der Waals surface area contributed by atoms with Gasteiger partial charge in [0.2, 0.25) is 5.91 Å². The molecule has 2 atom stereocenters. The first-order chi connectivity index (χ1) is 15.3. The van der Waals surface area contributed by atoms with Crippen LogP contribution in [0.1, 0.15) is 64.9 Å². The summed E-state index contributed by atoms with van der Waals surface area (Å²) in [6, 6.07) is 7.52. The maximum Gasteiger partial charge on any atom is 0.328 e. The van der Waals surface area contributed by atoms with Gasteiger partial charge in [-0.1, -0.05) is 75.5 Å². The summed E-state index contributed by atoms with van der Waals surface area (Å²) in [4.78, 5) is 37.9. The predicted octanol–water partition coefficient (Wildman–Crippen LogP) is 3.22. The molecule has 8 nitrogen and oxygen atoms in total. The lowest BCUT2D eigenvalue weighted by Gasteiger charge is -2.23. The molecule has 0 unspecified atom stereocenters. The molecule has 178 valence electrons. The summed E-state index contributed by atoms with van der Waals surface area (Å²) >= 11 is 0. The normalized spacial score (nSPS) is 13.3. The minimum absolute atomic E-state index is 0.00328. The van der Waals surface area contributed by atoms with Crippen LogP contribution >= 0.6 is 0 Å². The Morgan fingerprint density at radius 1 is 1.03 bits per heavy atom. The van der Waals surface area contributed by atoms with E-state index in [1.165, 1.54) is 7.11 Å². The van der Waals surface area contributed by atoms with E-state index in [1.807, 2.05) is 44.2 Å². The fourth-order valence-electron chi connectivity index (χ4n) is 3.33. The van der Waals surface area contributed by atoms with E-state index in [0.29, 0.717) is 12.8 Å². The van der Waals surface area contributed by atoms with Crippen LogP contribution in [0.4, 0.5) is 0 Å². The Bertz CT molecular complexity index is 749. The molecule has 0 bridgehead atoms. The SMILES string of the molecule is CCCCCC/C(=N\O)C(=O)N[C@@H](CC(C)C)C(=O)N[C@@H](Cc1ccccc1)C(=O)OC. The van der Waals surface area contributed by atoms with E-state index in [2.05, 4.69) is 22.7 Å². The monoisotopic (exact) mass is 447 g/mol. The third-order valence-corrected chi connectivity index (χ3v) is 5.06. The average molecular weight is 448 g/mol. The number of benzene rings is 1. The minimum atomic E-state index is -0.888. The number of esters is 1. The molecule has 1 aromatic carbocycles. The van der Waals surface area contributed by atoms with Gasteiger partial charge in [0.25, 0.3) is 5.91 Å². The third kappa shape index (κ3) is 9.94. The summed E-state index contributed by atoms with van der Waals surface area (Å²) in [5.41, 5.74) is 0.867. The highest BCUT2D eigenvalue weighted by Gasteiger charge is 2.29. The summed E-state index contributed by atoms with van der Waals surface area (Å²) in [6.07, 6.45) is 4.71. The number of carbonyl (C=O) groups excluding carboxylic acids is 3. The maximum absolute atomic E-state index is 13.0. The van der Waals surface area contributed by atoms with Gasteiger partial charge < -0.3 is 20.6 Å². The van der Waals surface area contributed by atoms with E-state index >= 15 is 0 Å². The van der Waals surface area contributed by atoms with Gasteiger partial charge in [0, 0.05) is 6.42 Å². The lowest BCUT2D eigenvalue weighted by molar-refractivity contribution is -0.145. The number of hydrogen-bond acceptors (Lipinski definition) is 6. The number of carbonyl (C=O) groups is 3. The Labute approximate surface area is 190 Å². The van der Waals surface area contributed by atoms with Crippen LogP contribution in [-0.4, -0.2) is 47.9 Å². The van der Waals surface area contributed by atoms with Gasteiger partial charge in [-0.05, 0) is 30.7 Å². The van der Waals surface area contributed by atoms with Crippen LogP contribution in [0.3, 0.4) is 0 Å². The molecule has 0 radical (unpaired) electrons. The van der Waals surface area contributed by atoms with Crippen LogP contribution in [-0.2, 0) is 25.5 Å². The van der Waals surface area contributed by atoms with Crippen LogP contribution in [0.25, 0.3) is 0 Å². The first-order valence-corrected chi connectivity index (χ1v) is 11.3. The topological polar surface area (TPSA) is 117 Å². The molecule has 2 amide bonds. The van der Waals surface area contributed by atoms with E-state index in [-0.39, 0.29) is 18.1 Å². The van der Waals surface area contributed by atoms with Gasteiger partial charge in [-0.2, -0.15) is 0 Å². The van der Waals surface area contributed by atoms with Crippen molar-refractivity contribution in [1.29, 1.82) is 0 Å². The predicted molar refractivity (Wildman–Crippen MR) is 123 cm³/mol. The number of unbranched alkanes of at least 4 members (excludes halogenated alkanes) is 3. The summed E-state index contributed by atoms with van der Waals surface area (Å²) < 4.78 is 4.85. The molecule has 8 heteroatoms. The second-order valence-electron chi connectivity index (χ2n) is 8.29. The molecule has 0 saturated carbocycles. The zero-order valence-electron chi connectivity index (χ0n) is 19.6. The number of hydrogen-bond donors (Lipinski definition) is 3. The molecule has 1 aromatic rings. The van der Waals surface area contributed by atoms with E-state index in [1.54, 1.807) is 0 Å². The highest BCUT2D eigenvalue weighted by atomic mass is 16.5. The largest absolute Gasteiger partial charge is 0.467 e. The van der Waals surface area contributed by atoms with Crippen molar-refractivity contribution in [2.24, 2.45) is 11.1 Å². The van der Waals surface area contributed by atoms with Crippen LogP contribution in [0.5, 0.6) is 0 Å². The standard InChI is InChI=1S/C24H37N3O5/c1-5-6-7-11-14-19(27-31)22(28)25-20(15-17(2)3)23(29)26-21(24(30)32-4)16-18-12-9-8-10-13-18/h8-10,12-13,17,20-21,31H,5-7,11,14-16H2,1-4H3,(H,25,28)(H,26,29)/b27-19+/t20-,21-/m0/s1. The Hall–Kier alpha value is -2.90. The third-order valence-electron chi connectivity index (χ3n) is 5.06. The fourth-order valence-corrected chi connectivity index (χ4v) is 3.33. The molecule has 0 aliphatic heterocycles. The van der Waals surface area contributed by atoms with Crippen molar-refractivity contribution in [2.75, 3.05) is 7.11 Å². The van der Waals surface area contributed by atoms with Crippen LogP contribution < -0.4 is 10.6 Å². The molecule has 0 aliphatic rings. The van der Waals surface area contributed by atoms with Gasteiger partial charge >= 0.3 is 5.97 Å². The second kappa shape index (κ2) is 15.0. The van der Waals surface area contributed by atoms with Crippen molar-refractivity contribution in [3.8, 4) is 0 Å². The number of nitrogens with one attached hydrogen (secondary N) is 2. The number of nitrogens with zero attached hydrogens (tertiary/aromatic N) is 1. The number of ether oxygens (including phenoxy) is 1. The maximum atomic E-state index is 13.0. The highest BCUT2D eigenvalue weighted by Crippen LogP contribution is 2.10. The van der Waals surface area contributed by atoms with Crippen molar-refractivity contribution < 1.29 is 24.3 Å². The van der Waals surface area contributed by atoms with Crippen molar-refractivity contribution in [3.63, 3.8) is 0 Å². The van der Waals surface area contributed by atoms with Crippen molar-refractivity contribution in [3.05, 3.63) is 35.9 Å². The van der Waals surface area contributed by atoms with Crippen molar-refractivity contribution in [2.45, 2.75) is 77.8 Å². The van der Waals surface area contributed by atoms with Gasteiger partial charge in [0.1, 0.15) is 17.8 Å². The fraction of sp³-hybridized carbons (Fsp3) is 0.583. The quantitative estimate of drug-likeness (QED) is 0.133. The highest BCUT2D eigenvalue weighted by molar-refractivity contribution is 6.39. The Morgan fingerprint density at radius 3 is 2.28 bits per heavy atom. The van der Waals surface area contributed by atoms with Gasteiger partial charge in [0.15, 0.2) is 0 Å². The summed E-state index contributed by atoms with van der Waals surface area (Å²) in [5, 5.41) is 17.8. The first-order valence-electron chi connectivity index (χ1n) is 11.3. The Morgan fingerprint density at radius 2 is 1.72 bits per heavy atom. The lowest BCUT2D eigenvalue weighted by Crippen LogP contribution is -2.53.